The SMILES string of the molecule is OC1CCCCC1.OC1CCCCC1.OC1CCCCC1.[Ti]. The zero-order chi connectivity index (χ0) is 15.3. The molecule has 3 N–H and O–H groups in total. The predicted molar refractivity (Wildman–Crippen MR) is 87.3 cm³/mol. The van der Waals surface area contributed by atoms with Crippen LogP contribution in [0.5, 0.6) is 0 Å². The minimum atomic E-state index is 0. The summed E-state index contributed by atoms with van der Waals surface area (Å²) < 4.78 is 0. The Hall–Kier alpha value is 0.594. The number of aliphatic hydroxyl groups is 3. The molecular formula is C18H36O3Ti. The largest absolute Gasteiger partial charge is 0.393 e. The van der Waals surface area contributed by atoms with Crippen LogP contribution in [0, 0.1) is 0 Å². The average molecular weight is 348 g/mol. The Labute approximate surface area is 151 Å². The van der Waals surface area contributed by atoms with Gasteiger partial charge in [-0.1, -0.05) is 57.8 Å². The molecule has 4 heteroatoms. The average Bonchev–Trinajstić information content (AvgIpc) is 2.51. The Balaban J connectivity index is 0.000000294. The van der Waals surface area contributed by atoms with Gasteiger partial charge in [0.05, 0.1) is 18.3 Å². The smallest absolute Gasteiger partial charge is 0.0540 e. The summed E-state index contributed by atoms with van der Waals surface area (Å²) in [5, 5.41) is 26.7. The molecule has 0 amide bonds. The summed E-state index contributed by atoms with van der Waals surface area (Å²) in [4.78, 5) is 0. The van der Waals surface area contributed by atoms with Crippen LogP contribution in [0.1, 0.15) is 96.3 Å². The molecule has 3 aliphatic rings. The molecule has 0 atom stereocenters. The maximum Gasteiger partial charge on any atom is 0.0540 e. The van der Waals surface area contributed by atoms with E-state index in [1.165, 1.54) is 57.8 Å². The maximum absolute atomic E-state index is 8.91. The van der Waals surface area contributed by atoms with E-state index in [9.17, 15) is 0 Å². The van der Waals surface area contributed by atoms with Crippen molar-refractivity contribution in [2.75, 3.05) is 0 Å². The van der Waals surface area contributed by atoms with Gasteiger partial charge in [-0.2, -0.15) is 0 Å². The van der Waals surface area contributed by atoms with Crippen molar-refractivity contribution in [3.8, 4) is 0 Å². The third-order valence-corrected chi connectivity index (χ3v) is 4.72. The van der Waals surface area contributed by atoms with Crippen LogP contribution in [0.25, 0.3) is 0 Å². The first-order chi connectivity index (χ1) is 10.2. The van der Waals surface area contributed by atoms with Crippen molar-refractivity contribution in [1.29, 1.82) is 0 Å². The molecule has 3 nitrogen and oxygen atoms in total. The zero-order valence-electron chi connectivity index (χ0n) is 14.2. The second-order valence-corrected chi connectivity index (χ2v) is 6.88. The minimum Gasteiger partial charge on any atom is -0.393 e. The van der Waals surface area contributed by atoms with E-state index in [0.29, 0.717) is 0 Å². The van der Waals surface area contributed by atoms with Crippen molar-refractivity contribution in [2.24, 2.45) is 0 Å². The fourth-order valence-electron chi connectivity index (χ4n) is 3.24. The monoisotopic (exact) mass is 348 g/mol. The zero-order valence-corrected chi connectivity index (χ0v) is 15.7. The molecule has 0 bridgehead atoms. The van der Waals surface area contributed by atoms with E-state index in [2.05, 4.69) is 0 Å². The summed E-state index contributed by atoms with van der Waals surface area (Å²) in [5.74, 6) is 0. The summed E-state index contributed by atoms with van der Waals surface area (Å²) in [6.07, 6.45) is 17.8. The van der Waals surface area contributed by atoms with E-state index in [1.54, 1.807) is 0 Å². The van der Waals surface area contributed by atoms with Gasteiger partial charge in [0.2, 0.25) is 0 Å². The summed E-state index contributed by atoms with van der Waals surface area (Å²) in [6, 6.07) is 0. The summed E-state index contributed by atoms with van der Waals surface area (Å²) in [5.41, 5.74) is 0. The number of hydrogen-bond donors (Lipinski definition) is 3. The Morgan fingerprint density at radius 2 is 0.545 bits per heavy atom. The number of rotatable bonds is 0. The molecule has 0 saturated heterocycles. The third-order valence-electron chi connectivity index (χ3n) is 4.72. The molecule has 0 spiro atoms. The standard InChI is InChI=1S/3C6H12O.Ti/c3*7-6-4-2-1-3-5-6;/h3*6-7H,1-5H2;. The first-order valence-electron chi connectivity index (χ1n) is 9.22. The fourth-order valence-corrected chi connectivity index (χ4v) is 3.24. The summed E-state index contributed by atoms with van der Waals surface area (Å²) in [6.45, 7) is 0. The molecule has 0 aromatic rings. The molecule has 22 heavy (non-hydrogen) atoms. The van der Waals surface area contributed by atoms with Gasteiger partial charge in [-0.25, -0.2) is 0 Å². The second kappa shape index (κ2) is 15.1. The quantitative estimate of drug-likeness (QED) is 0.581. The first-order valence-corrected chi connectivity index (χ1v) is 9.22. The van der Waals surface area contributed by atoms with Crippen molar-refractivity contribution in [2.45, 2.75) is 115 Å². The van der Waals surface area contributed by atoms with Crippen LogP contribution in [0.4, 0.5) is 0 Å². The molecule has 3 rings (SSSR count). The Morgan fingerprint density at radius 3 is 0.636 bits per heavy atom. The van der Waals surface area contributed by atoms with Crippen LogP contribution >= 0.6 is 0 Å². The van der Waals surface area contributed by atoms with Crippen LogP contribution in [-0.2, 0) is 21.7 Å². The van der Waals surface area contributed by atoms with Gasteiger partial charge in [-0.3, -0.25) is 0 Å². The number of aliphatic hydroxyl groups excluding tert-OH is 3. The molecule has 0 radical (unpaired) electrons. The van der Waals surface area contributed by atoms with Crippen LogP contribution in [0.15, 0.2) is 0 Å². The molecule has 3 fully saturated rings. The van der Waals surface area contributed by atoms with Gasteiger partial charge in [0.25, 0.3) is 0 Å². The molecular weight excluding hydrogens is 312 g/mol. The second-order valence-electron chi connectivity index (χ2n) is 6.88. The van der Waals surface area contributed by atoms with Crippen molar-refractivity contribution >= 4 is 0 Å². The van der Waals surface area contributed by atoms with E-state index in [4.69, 9.17) is 15.3 Å². The number of hydrogen-bond acceptors (Lipinski definition) is 3. The summed E-state index contributed by atoms with van der Waals surface area (Å²) >= 11 is 0. The molecule has 0 unspecified atom stereocenters. The fraction of sp³-hybridized carbons (Fsp3) is 1.00. The van der Waals surface area contributed by atoms with Gasteiger partial charge in [-0.15, -0.1) is 0 Å². The third kappa shape index (κ3) is 13.1. The molecule has 0 heterocycles. The molecule has 3 saturated carbocycles. The van der Waals surface area contributed by atoms with E-state index >= 15 is 0 Å². The Morgan fingerprint density at radius 1 is 0.364 bits per heavy atom. The molecule has 0 aromatic carbocycles. The van der Waals surface area contributed by atoms with Crippen LogP contribution in [-0.4, -0.2) is 33.6 Å². The van der Waals surface area contributed by atoms with E-state index < -0.39 is 0 Å². The van der Waals surface area contributed by atoms with Gasteiger partial charge in [0, 0.05) is 21.7 Å². The Bertz CT molecular complexity index is 182. The normalized spacial score (nSPS) is 24.1. The van der Waals surface area contributed by atoms with Gasteiger partial charge in [0.15, 0.2) is 0 Å². The predicted octanol–water partition coefficient (Wildman–Crippen LogP) is 3.93. The van der Waals surface area contributed by atoms with Crippen LogP contribution < -0.4 is 0 Å². The van der Waals surface area contributed by atoms with E-state index in [1.807, 2.05) is 0 Å². The molecule has 130 valence electrons. The topological polar surface area (TPSA) is 60.7 Å². The van der Waals surface area contributed by atoms with Gasteiger partial charge in [-0.05, 0) is 38.5 Å². The van der Waals surface area contributed by atoms with Crippen LogP contribution in [0.2, 0.25) is 0 Å². The van der Waals surface area contributed by atoms with Crippen LogP contribution in [0.3, 0.4) is 0 Å². The van der Waals surface area contributed by atoms with Gasteiger partial charge >= 0.3 is 0 Å². The first kappa shape index (κ1) is 22.6. The maximum atomic E-state index is 8.91. The van der Waals surface area contributed by atoms with Crippen molar-refractivity contribution in [1.82, 2.24) is 0 Å². The molecule has 3 aliphatic carbocycles. The Kier molecular flexibility index (Phi) is 15.6. The van der Waals surface area contributed by atoms with Crippen molar-refractivity contribution in [3.63, 3.8) is 0 Å². The van der Waals surface area contributed by atoms with Crippen molar-refractivity contribution < 1.29 is 37.0 Å². The van der Waals surface area contributed by atoms with Crippen molar-refractivity contribution in [3.05, 3.63) is 0 Å². The van der Waals surface area contributed by atoms with Gasteiger partial charge in [0.1, 0.15) is 0 Å². The molecule has 0 aliphatic heterocycles. The van der Waals surface area contributed by atoms with E-state index in [0.717, 1.165) is 38.5 Å². The summed E-state index contributed by atoms with van der Waals surface area (Å²) in [7, 11) is 0. The minimum absolute atomic E-state index is 0. The molecule has 0 aromatic heterocycles. The van der Waals surface area contributed by atoms with E-state index in [-0.39, 0.29) is 40.0 Å². The van der Waals surface area contributed by atoms with Gasteiger partial charge < -0.3 is 15.3 Å².